The number of piperazine rings is 1. The van der Waals surface area contributed by atoms with Gasteiger partial charge in [0.15, 0.2) is 0 Å². The van der Waals surface area contributed by atoms with Crippen LogP contribution in [0.3, 0.4) is 0 Å². The number of nitrogens with zero attached hydrogens (tertiary/aromatic N) is 3. The van der Waals surface area contributed by atoms with E-state index in [1.165, 1.54) is 4.88 Å². The van der Waals surface area contributed by atoms with Gasteiger partial charge in [-0.1, -0.05) is 13.0 Å². The molecule has 1 saturated heterocycles. The van der Waals surface area contributed by atoms with Crippen molar-refractivity contribution in [2.45, 2.75) is 13.3 Å². The third-order valence-electron chi connectivity index (χ3n) is 4.31. The lowest BCUT2D eigenvalue weighted by molar-refractivity contribution is -0.136. The van der Waals surface area contributed by atoms with Gasteiger partial charge in [0.05, 0.1) is 0 Å². The molecular weight excluding hydrogens is 322 g/mol. The second-order valence-corrected chi connectivity index (χ2v) is 7.07. The van der Waals surface area contributed by atoms with Gasteiger partial charge in [-0.15, -0.1) is 11.3 Å². The van der Waals surface area contributed by atoms with Gasteiger partial charge >= 0.3 is 0 Å². The van der Waals surface area contributed by atoms with Crippen molar-refractivity contribution in [1.29, 1.82) is 0 Å². The monoisotopic (exact) mass is 343 g/mol. The van der Waals surface area contributed by atoms with E-state index < -0.39 is 0 Å². The minimum Gasteiger partial charge on any atom is -0.339 e. The fourth-order valence-corrected chi connectivity index (χ4v) is 3.77. The number of thiophene rings is 1. The zero-order valence-electron chi connectivity index (χ0n) is 13.7. The molecule has 0 bridgehead atoms. The third kappa shape index (κ3) is 3.82. The zero-order valence-corrected chi connectivity index (χ0v) is 14.5. The summed E-state index contributed by atoms with van der Waals surface area (Å²) < 4.78 is 0. The van der Waals surface area contributed by atoms with Crippen molar-refractivity contribution < 1.29 is 9.59 Å². The summed E-state index contributed by atoms with van der Waals surface area (Å²) in [5, 5.41) is 2.04. The van der Waals surface area contributed by atoms with Gasteiger partial charge in [-0.05, 0) is 30.0 Å². The van der Waals surface area contributed by atoms with Gasteiger partial charge < -0.3 is 9.80 Å². The predicted molar refractivity (Wildman–Crippen MR) is 93.9 cm³/mol. The van der Waals surface area contributed by atoms with Crippen LogP contribution in [-0.2, 0) is 11.2 Å². The lowest BCUT2D eigenvalue weighted by Gasteiger charge is -2.36. The SMILES string of the molecule is C[C@@H](Cc1cccs1)C(=O)N1CCN(C(=O)c2ccncc2)CC1. The molecule has 3 heterocycles. The summed E-state index contributed by atoms with van der Waals surface area (Å²) in [6.45, 7) is 4.35. The van der Waals surface area contributed by atoms with Crippen LogP contribution in [0.15, 0.2) is 42.0 Å². The highest BCUT2D eigenvalue weighted by Crippen LogP contribution is 2.17. The number of carbonyl (C=O) groups is 2. The summed E-state index contributed by atoms with van der Waals surface area (Å²) in [5.41, 5.74) is 0.649. The number of amides is 2. The smallest absolute Gasteiger partial charge is 0.254 e. The summed E-state index contributed by atoms with van der Waals surface area (Å²) in [5.74, 6) is 0.168. The molecule has 5 nitrogen and oxygen atoms in total. The molecule has 2 amide bonds. The molecule has 1 atom stereocenters. The van der Waals surface area contributed by atoms with Gasteiger partial charge in [0.25, 0.3) is 5.91 Å². The van der Waals surface area contributed by atoms with Crippen LogP contribution in [0.5, 0.6) is 0 Å². The van der Waals surface area contributed by atoms with Crippen LogP contribution in [0, 0.1) is 5.92 Å². The topological polar surface area (TPSA) is 53.5 Å². The largest absolute Gasteiger partial charge is 0.339 e. The lowest BCUT2D eigenvalue weighted by Crippen LogP contribution is -2.51. The van der Waals surface area contributed by atoms with E-state index in [0.717, 1.165) is 6.42 Å². The summed E-state index contributed by atoms with van der Waals surface area (Å²) in [4.78, 5) is 33.9. The second kappa shape index (κ2) is 7.57. The van der Waals surface area contributed by atoms with Gasteiger partial charge in [0, 0.05) is 54.9 Å². The molecule has 0 radical (unpaired) electrons. The van der Waals surface area contributed by atoms with Crippen LogP contribution in [0.1, 0.15) is 22.2 Å². The normalized spacial score (nSPS) is 16.0. The Balaban J connectivity index is 1.53. The first kappa shape index (κ1) is 16.6. The number of carbonyl (C=O) groups excluding carboxylic acids is 2. The van der Waals surface area contributed by atoms with Crippen LogP contribution in [-0.4, -0.2) is 52.8 Å². The number of hydrogen-bond donors (Lipinski definition) is 0. The number of pyridine rings is 1. The van der Waals surface area contributed by atoms with E-state index in [2.05, 4.69) is 11.1 Å². The standard InChI is InChI=1S/C18H21N3O2S/c1-14(13-16-3-2-12-24-16)17(22)20-8-10-21(11-9-20)18(23)15-4-6-19-7-5-15/h2-7,12,14H,8-11,13H2,1H3/t14-/m0/s1. The molecule has 2 aromatic heterocycles. The van der Waals surface area contributed by atoms with E-state index in [-0.39, 0.29) is 17.7 Å². The Morgan fingerprint density at radius 1 is 1.12 bits per heavy atom. The minimum absolute atomic E-state index is 0.0103. The molecule has 0 aromatic carbocycles. The lowest BCUT2D eigenvalue weighted by atomic mass is 10.0. The van der Waals surface area contributed by atoms with Crippen molar-refractivity contribution in [3.63, 3.8) is 0 Å². The molecule has 24 heavy (non-hydrogen) atoms. The van der Waals surface area contributed by atoms with Gasteiger partial charge in [-0.2, -0.15) is 0 Å². The zero-order chi connectivity index (χ0) is 16.9. The molecule has 1 fully saturated rings. The predicted octanol–water partition coefficient (Wildman–Crippen LogP) is 2.31. The number of rotatable bonds is 4. The van der Waals surface area contributed by atoms with E-state index in [0.29, 0.717) is 31.7 Å². The fraction of sp³-hybridized carbons (Fsp3) is 0.389. The summed E-state index contributed by atoms with van der Waals surface area (Å²) >= 11 is 1.69. The number of hydrogen-bond acceptors (Lipinski definition) is 4. The Hall–Kier alpha value is -2.21. The maximum absolute atomic E-state index is 12.6. The van der Waals surface area contributed by atoms with Gasteiger partial charge in [-0.3, -0.25) is 14.6 Å². The van der Waals surface area contributed by atoms with E-state index in [1.807, 2.05) is 28.2 Å². The molecule has 1 aliphatic rings. The third-order valence-corrected chi connectivity index (χ3v) is 5.21. The summed E-state index contributed by atoms with van der Waals surface area (Å²) in [6.07, 6.45) is 4.03. The fourth-order valence-electron chi connectivity index (χ4n) is 2.94. The van der Waals surface area contributed by atoms with Gasteiger partial charge in [0.1, 0.15) is 0 Å². The molecule has 0 N–H and O–H groups in total. The van der Waals surface area contributed by atoms with E-state index in [1.54, 1.807) is 35.9 Å². The molecule has 0 saturated carbocycles. The van der Waals surface area contributed by atoms with E-state index >= 15 is 0 Å². The highest BCUT2D eigenvalue weighted by molar-refractivity contribution is 7.09. The van der Waals surface area contributed by atoms with Crippen molar-refractivity contribution in [2.75, 3.05) is 26.2 Å². The Labute approximate surface area is 145 Å². The molecule has 0 unspecified atom stereocenters. The average molecular weight is 343 g/mol. The van der Waals surface area contributed by atoms with Crippen LogP contribution in [0.2, 0.25) is 0 Å². The van der Waals surface area contributed by atoms with E-state index in [4.69, 9.17) is 0 Å². The Morgan fingerprint density at radius 2 is 1.79 bits per heavy atom. The molecule has 2 aromatic rings. The quantitative estimate of drug-likeness (QED) is 0.856. The van der Waals surface area contributed by atoms with E-state index in [9.17, 15) is 9.59 Å². The average Bonchev–Trinajstić information content (AvgIpc) is 3.14. The van der Waals surface area contributed by atoms with Crippen molar-refractivity contribution in [1.82, 2.24) is 14.8 Å². The van der Waals surface area contributed by atoms with Crippen LogP contribution in [0.4, 0.5) is 0 Å². The Morgan fingerprint density at radius 3 is 2.42 bits per heavy atom. The van der Waals surface area contributed by atoms with Crippen molar-refractivity contribution >= 4 is 23.2 Å². The first-order valence-corrected chi connectivity index (χ1v) is 9.03. The molecule has 6 heteroatoms. The number of aromatic nitrogens is 1. The summed E-state index contributed by atoms with van der Waals surface area (Å²) in [6, 6.07) is 7.53. The van der Waals surface area contributed by atoms with Crippen molar-refractivity contribution in [3.05, 3.63) is 52.5 Å². The Kier molecular flexibility index (Phi) is 5.25. The maximum Gasteiger partial charge on any atom is 0.254 e. The highest BCUT2D eigenvalue weighted by Gasteiger charge is 2.27. The molecular formula is C18H21N3O2S. The van der Waals surface area contributed by atoms with Crippen molar-refractivity contribution in [3.8, 4) is 0 Å². The molecule has 0 spiro atoms. The van der Waals surface area contributed by atoms with Crippen LogP contribution in [0.25, 0.3) is 0 Å². The van der Waals surface area contributed by atoms with Crippen LogP contribution >= 0.6 is 11.3 Å². The minimum atomic E-state index is -0.0221. The first-order chi connectivity index (χ1) is 11.6. The molecule has 126 valence electrons. The van der Waals surface area contributed by atoms with Gasteiger partial charge in [-0.25, -0.2) is 0 Å². The second-order valence-electron chi connectivity index (χ2n) is 6.04. The van der Waals surface area contributed by atoms with Crippen molar-refractivity contribution in [2.24, 2.45) is 5.92 Å². The van der Waals surface area contributed by atoms with Gasteiger partial charge in [0.2, 0.25) is 5.91 Å². The molecule has 1 aliphatic heterocycles. The Bertz CT molecular complexity index is 680. The highest BCUT2D eigenvalue weighted by atomic mass is 32.1. The summed E-state index contributed by atoms with van der Waals surface area (Å²) in [7, 11) is 0. The maximum atomic E-state index is 12.6. The molecule has 3 rings (SSSR count). The molecule has 0 aliphatic carbocycles. The first-order valence-electron chi connectivity index (χ1n) is 8.15. The van der Waals surface area contributed by atoms with Crippen LogP contribution < -0.4 is 0 Å².